The molecule has 3 N–H and O–H groups in total. The number of nitrogens with two attached hydrogens (primary N) is 1. The van der Waals surface area contributed by atoms with Crippen molar-refractivity contribution in [2.75, 3.05) is 0 Å². The first-order valence-electron chi connectivity index (χ1n) is 5.07. The van der Waals surface area contributed by atoms with Gasteiger partial charge in [0.25, 0.3) is 5.56 Å². The van der Waals surface area contributed by atoms with Gasteiger partial charge >= 0.3 is 0 Å². The van der Waals surface area contributed by atoms with Crippen molar-refractivity contribution >= 4 is 0 Å². The summed E-state index contributed by atoms with van der Waals surface area (Å²) in [7, 11) is 0. The topological polar surface area (TPSA) is 71.8 Å². The Kier molecular flexibility index (Phi) is 2.83. The van der Waals surface area contributed by atoms with Crippen LogP contribution < -0.4 is 11.3 Å². The Balaban J connectivity index is 2.47. The highest BCUT2D eigenvalue weighted by Crippen LogP contribution is 2.14. The minimum atomic E-state index is -0.254. The summed E-state index contributed by atoms with van der Waals surface area (Å²) in [4.78, 5) is 18.4. The zero-order valence-corrected chi connectivity index (χ0v) is 8.97. The van der Waals surface area contributed by atoms with Crippen LogP contribution in [0.3, 0.4) is 0 Å². The van der Waals surface area contributed by atoms with E-state index in [0.29, 0.717) is 5.56 Å². The molecule has 0 aliphatic heterocycles. The van der Waals surface area contributed by atoms with Gasteiger partial charge in [-0.25, -0.2) is 0 Å². The highest BCUT2D eigenvalue weighted by atomic mass is 16.1. The van der Waals surface area contributed by atoms with E-state index in [4.69, 9.17) is 5.73 Å². The van der Waals surface area contributed by atoms with Crippen LogP contribution in [0.2, 0.25) is 0 Å². The van der Waals surface area contributed by atoms with E-state index >= 15 is 0 Å². The number of hydrogen-bond donors (Lipinski definition) is 2. The highest BCUT2D eigenvalue weighted by molar-refractivity contribution is 5.58. The summed E-state index contributed by atoms with van der Waals surface area (Å²) in [6.45, 7) is 1.79. The summed E-state index contributed by atoms with van der Waals surface area (Å²) >= 11 is 0. The molecular weight excluding hydrogens is 202 g/mol. The van der Waals surface area contributed by atoms with Crippen molar-refractivity contribution in [1.29, 1.82) is 0 Å². The van der Waals surface area contributed by atoms with Crippen molar-refractivity contribution in [2.45, 2.75) is 13.0 Å². The van der Waals surface area contributed by atoms with Crippen LogP contribution in [0.5, 0.6) is 0 Å². The number of H-pyrrole nitrogens is 1. The van der Waals surface area contributed by atoms with Crippen LogP contribution in [0.1, 0.15) is 18.5 Å². The van der Waals surface area contributed by atoms with Gasteiger partial charge in [-0.1, -0.05) is 0 Å². The minimum absolute atomic E-state index is 0.135. The van der Waals surface area contributed by atoms with Crippen molar-refractivity contribution < 1.29 is 0 Å². The zero-order valence-electron chi connectivity index (χ0n) is 8.97. The molecule has 1 unspecified atom stereocenters. The van der Waals surface area contributed by atoms with E-state index in [2.05, 4.69) is 9.97 Å². The van der Waals surface area contributed by atoms with Gasteiger partial charge in [0.15, 0.2) is 0 Å². The van der Waals surface area contributed by atoms with Crippen molar-refractivity contribution in [3.8, 4) is 11.3 Å². The molecule has 0 spiro atoms. The second-order valence-electron chi connectivity index (χ2n) is 3.68. The van der Waals surface area contributed by atoms with E-state index in [-0.39, 0.29) is 11.6 Å². The molecule has 16 heavy (non-hydrogen) atoms. The molecule has 4 heteroatoms. The average molecular weight is 215 g/mol. The van der Waals surface area contributed by atoms with E-state index < -0.39 is 0 Å². The average Bonchev–Trinajstić information content (AvgIpc) is 2.29. The van der Waals surface area contributed by atoms with Gasteiger partial charge in [0.1, 0.15) is 0 Å². The molecule has 82 valence electrons. The van der Waals surface area contributed by atoms with Gasteiger partial charge in [-0.05, 0) is 31.2 Å². The molecular formula is C12H13N3O. The Morgan fingerprint density at radius 2 is 1.94 bits per heavy atom. The minimum Gasteiger partial charge on any atom is -0.324 e. The van der Waals surface area contributed by atoms with Gasteiger partial charge in [0.05, 0.1) is 0 Å². The molecule has 0 radical (unpaired) electrons. The fraction of sp³-hybridized carbons (Fsp3) is 0.167. The molecule has 2 heterocycles. The van der Waals surface area contributed by atoms with Crippen LogP contribution in [0, 0.1) is 0 Å². The summed E-state index contributed by atoms with van der Waals surface area (Å²) in [5.41, 5.74) is 7.84. The van der Waals surface area contributed by atoms with Gasteiger partial charge in [0, 0.05) is 35.3 Å². The number of pyridine rings is 2. The van der Waals surface area contributed by atoms with Crippen molar-refractivity contribution in [1.82, 2.24) is 9.97 Å². The lowest BCUT2D eigenvalue weighted by atomic mass is 10.1. The van der Waals surface area contributed by atoms with Gasteiger partial charge in [0.2, 0.25) is 0 Å². The Labute approximate surface area is 93.2 Å². The Morgan fingerprint density at radius 1 is 1.25 bits per heavy atom. The molecule has 4 nitrogen and oxygen atoms in total. The Bertz CT molecular complexity index is 531. The van der Waals surface area contributed by atoms with Crippen LogP contribution in [0.15, 0.2) is 41.5 Å². The lowest BCUT2D eigenvalue weighted by molar-refractivity contribution is 0.800. The molecule has 0 aromatic carbocycles. The summed E-state index contributed by atoms with van der Waals surface area (Å²) in [5.74, 6) is 0. The van der Waals surface area contributed by atoms with Crippen LogP contribution in [-0.2, 0) is 0 Å². The smallest absolute Gasteiger partial charge is 0.253 e. The number of aromatic amines is 1. The summed E-state index contributed by atoms with van der Waals surface area (Å²) < 4.78 is 0. The van der Waals surface area contributed by atoms with Crippen LogP contribution in [0.25, 0.3) is 11.3 Å². The molecule has 0 aliphatic rings. The van der Waals surface area contributed by atoms with Gasteiger partial charge < -0.3 is 10.7 Å². The summed E-state index contributed by atoms with van der Waals surface area (Å²) in [6, 6.07) is 7.05. The van der Waals surface area contributed by atoms with Crippen LogP contribution in [-0.4, -0.2) is 9.97 Å². The molecule has 1 atom stereocenters. The highest BCUT2D eigenvalue weighted by Gasteiger charge is 2.06. The fourth-order valence-electron chi connectivity index (χ4n) is 1.54. The third-order valence-corrected chi connectivity index (χ3v) is 2.42. The maximum absolute atomic E-state index is 11.7. The normalized spacial score (nSPS) is 12.4. The maximum atomic E-state index is 11.7. The first kappa shape index (κ1) is 10.6. The lowest BCUT2D eigenvalue weighted by Gasteiger charge is -2.06. The quantitative estimate of drug-likeness (QED) is 0.796. The lowest BCUT2D eigenvalue weighted by Crippen LogP contribution is -2.19. The van der Waals surface area contributed by atoms with Crippen LogP contribution >= 0.6 is 0 Å². The predicted octanol–water partition coefficient (Wildman–Crippen LogP) is 1.46. The molecule has 2 aromatic rings. The van der Waals surface area contributed by atoms with E-state index in [1.165, 1.54) is 0 Å². The molecule has 2 rings (SSSR count). The number of hydrogen-bond acceptors (Lipinski definition) is 3. The molecule has 0 saturated carbocycles. The molecule has 0 amide bonds. The molecule has 0 saturated heterocycles. The molecule has 0 bridgehead atoms. The maximum Gasteiger partial charge on any atom is 0.253 e. The number of nitrogens with zero attached hydrogens (tertiary/aromatic N) is 1. The predicted molar refractivity (Wildman–Crippen MR) is 62.9 cm³/mol. The molecule has 0 fully saturated rings. The van der Waals surface area contributed by atoms with Gasteiger partial charge in [-0.3, -0.25) is 9.78 Å². The largest absolute Gasteiger partial charge is 0.324 e. The third kappa shape index (κ3) is 2.01. The van der Waals surface area contributed by atoms with E-state index in [0.717, 1.165) is 11.3 Å². The van der Waals surface area contributed by atoms with Crippen molar-refractivity contribution in [3.63, 3.8) is 0 Å². The fourth-order valence-corrected chi connectivity index (χ4v) is 1.54. The third-order valence-electron chi connectivity index (χ3n) is 2.42. The summed E-state index contributed by atoms with van der Waals surface area (Å²) in [5, 5.41) is 0. The SMILES string of the molecule is CC(N)c1ccc(-c2ccncc2)[nH]c1=O. The summed E-state index contributed by atoms with van der Waals surface area (Å²) in [6.07, 6.45) is 3.38. The molecule has 0 aliphatic carbocycles. The van der Waals surface area contributed by atoms with Crippen molar-refractivity contribution in [2.24, 2.45) is 5.73 Å². The number of aromatic nitrogens is 2. The van der Waals surface area contributed by atoms with Gasteiger partial charge in [-0.2, -0.15) is 0 Å². The monoisotopic (exact) mass is 215 g/mol. The first-order chi connectivity index (χ1) is 7.68. The second kappa shape index (κ2) is 4.28. The molecule has 2 aromatic heterocycles. The first-order valence-corrected chi connectivity index (χ1v) is 5.07. The second-order valence-corrected chi connectivity index (χ2v) is 3.68. The zero-order chi connectivity index (χ0) is 11.5. The van der Waals surface area contributed by atoms with Crippen molar-refractivity contribution in [3.05, 3.63) is 52.6 Å². The number of nitrogens with one attached hydrogen (secondary N) is 1. The van der Waals surface area contributed by atoms with Gasteiger partial charge in [-0.15, -0.1) is 0 Å². The number of rotatable bonds is 2. The standard InChI is InChI=1S/C12H13N3O/c1-8(13)10-2-3-11(15-12(10)16)9-4-6-14-7-5-9/h2-8H,13H2,1H3,(H,15,16). The Hall–Kier alpha value is -1.94. The Morgan fingerprint density at radius 3 is 2.50 bits per heavy atom. The van der Waals surface area contributed by atoms with Crippen LogP contribution in [0.4, 0.5) is 0 Å². The van der Waals surface area contributed by atoms with E-state index in [9.17, 15) is 4.79 Å². The van der Waals surface area contributed by atoms with E-state index in [1.807, 2.05) is 18.2 Å². The van der Waals surface area contributed by atoms with E-state index in [1.54, 1.807) is 25.4 Å².